The number of halogens is 2. The second-order valence-corrected chi connectivity index (χ2v) is 6.37. The number of rotatable bonds is 3. The number of benzene rings is 1. The minimum absolute atomic E-state index is 0.510. The Kier molecular flexibility index (Phi) is 5.07. The topological polar surface area (TPSA) is 29.3 Å². The van der Waals surface area contributed by atoms with E-state index in [0.717, 1.165) is 22.6 Å². The number of nitrogens with two attached hydrogens (primary N) is 1. The molecule has 0 amide bonds. The van der Waals surface area contributed by atoms with E-state index in [4.69, 9.17) is 17.3 Å². The van der Waals surface area contributed by atoms with E-state index in [0.29, 0.717) is 12.1 Å². The van der Waals surface area contributed by atoms with Gasteiger partial charge in [-0.1, -0.05) is 40.0 Å². The molecule has 1 aliphatic rings. The highest BCUT2D eigenvalue weighted by atomic mass is 79.9. The van der Waals surface area contributed by atoms with Gasteiger partial charge in [0.2, 0.25) is 0 Å². The van der Waals surface area contributed by atoms with Crippen molar-refractivity contribution >= 4 is 27.5 Å². The fraction of sp³-hybridized carbons (Fsp3) is 0.571. The van der Waals surface area contributed by atoms with Crippen LogP contribution in [0.4, 0.5) is 0 Å². The Morgan fingerprint density at radius 1 is 1.44 bits per heavy atom. The summed E-state index contributed by atoms with van der Waals surface area (Å²) in [5.41, 5.74) is 7.18. The molecule has 2 nitrogen and oxygen atoms in total. The van der Waals surface area contributed by atoms with Gasteiger partial charge in [-0.15, -0.1) is 0 Å². The van der Waals surface area contributed by atoms with E-state index in [1.54, 1.807) is 0 Å². The lowest BCUT2D eigenvalue weighted by Gasteiger charge is -2.40. The van der Waals surface area contributed by atoms with Gasteiger partial charge in [0, 0.05) is 34.7 Å². The van der Waals surface area contributed by atoms with Gasteiger partial charge in [-0.2, -0.15) is 0 Å². The number of likely N-dealkylation sites (tertiary alicyclic amines) is 1. The first-order valence-electron chi connectivity index (χ1n) is 6.51. The summed E-state index contributed by atoms with van der Waals surface area (Å²) >= 11 is 9.57. The molecule has 1 aromatic rings. The molecule has 1 heterocycles. The number of piperidine rings is 1. The maximum Gasteiger partial charge on any atom is 0.0417 e. The molecule has 0 aromatic heterocycles. The average Bonchev–Trinajstić information content (AvgIpc) is 2.34. The summed E-state index contributed by atoms with van der Waals surface area (Å²) < 4.78 is 1.09. The normalized spacial score (nSPS) is 25.3. The molecule has 1 saturated heterocycles. The van der Waals surface area contributed by atoms with Crippen molar-refractivity contribution in [2.75, 3.05) is 6.54 Å². The van der Waals surface area contributed by atoms with Gasteiger partial charge in [0.15, 0.2) is 0 Å². The highest BCUT2D eigenvalue weighted by Crippen LogP contribution is 2.28. The Labute approximate surface area is 123 Å². The zero-order valence-corrected chi connectivity index (χ0v) is 13.0. The van der Waals surface area contributed by atoms with E-state index in [1.165, 1.54) is 24.8 Å². The summed E-state index contributed by atoms with van der Waals surface area (Å²) in [4.78, 5) is 2.53. The van der Waals surface area contributed by atoms with Crippen LogP contribution in [-0.2, 0) is 6.54 Å². The van der Waals surface area contributed by atoms with Crippen molar-refractivity contribution < 1.29 is 0 Å². The van der Waals surface area contributed by atoms with E-state index >= 15 is 0 Å². The highest BCUT2D eigenvalue weighted by Gasteiger charge is 2.27. The molecule has 100 valence electrons. The fourth-order valence-corrected chi connectivity index (χ4v) is 3.53. The van der Waals surface area contributed by atoms with Crippen LogP contribution in [0.1, 0.15) is 31.7 Å². The lowest BCUT2D eigenvalue weighted by molar-refractivity contribution is 0.0890. The van der Waals surface area contributed by atoms with Gasteiger partial charge in [-0.3, -0.25) is 4.90 Å². The minimum Gasteiger partial charge on any atom is -0.329 e. The lowest BCUT2D eigenvalue weighted by atomic mass is 9.95. The molecule has 0 radical (unpaired) electrons. The second-order valence-electron chi connectivity index (χ2n) is 5.08. The van der Waals surface area contributed by atoms with Crippen molar-refractivity contribution in [3.8, 4) is 0 Å². The van der Waals surface area contributed by atoms with Crippen LogP contribution in [0.5, 0.6) is 0 Å². The summed E-state index contributed by atoms with van der Waals surface area (Å²) in [5.74, 6) is 0. The van der Waals surface area contributed by atoms with Crippen molar-refractivity contribution in [1.82, 2.24) is 4.90 Å². The van der Waals surface area contributed by atoms with Crippen molar-refractivity contribution in [3.05, 3.63) is 33.3 Å². The monoisotopic (exact) mass is 330 g/mol. The Balaban J connectivity index is 2.15. The van der Waals surface area contributed by atoms with Crippen LogP contribution in [0.2, 0.25) is 5.02 Å². The minimum atomic E-state index is 0.510. The molecule has 18 heavy (non-hydrogen) atoms. The van der Waals surface area contributed by atoms with Crippen molar-refractivity contribution in [2.24, 2.45) is 5.73 Å². The quantitative estimate of drug-likeness (QED) is 0.912. The molecule has 1 aliphatic heterocycles. The Hall–Kier alpha value is -0.0900. The predicted octanol–water partition coefficient (Wildman–Crippen LogP) is 3.80. The number of hydrogen-bond donors (Lipinski definition) is 1. The molecule has 1 aromatic carbocycles. The molecular weight excluding hydrogens is 312 g/mol. The third kappa shape index (κ3) is 3.27. The van der Waals surface area contributed by atoms with Crippen molar-refractivity contribution in [1.29, 1.82) is 0 Å². The van der Waals surface area contributed by atoms with Crippen molar-refractivity contribution in [3.63, 3.8) is 0 Å². The molecule has 2 rings (SSSR count). The lowest BCUT2D eigenvalue weighted by Crippen LogP contribution is -2.48. The smallest absolute Gasteiger partial charge is 0.0417 e. The predicted molar refractivity (Wildman–Crippen MR) is 80.9 cm³/mol. The first-order valence-corrected chi connectivity index (χ1v) is 7.68. The molecule has 0 saturated carbocycles. The summed E-state index contributed by atoms with van der Waals surface area (Å²) in [6.45, 7) is 3.99. The van der Waals surface area contributed by atoms with E-state index < -0.39 is 0 Å². The van der Waals surface area contributed by atoms with Crippen LogP contribution in [0.3, 0.4) is 0 Å². The van der Waals surface area contributed by atoms with Crippen LogP contribution in [0.25, 0.3) is 0 Å². The van der Waals surface area contributed by atoms with Gasteiger partial charge in [-0.25, -0.2) is 0 Å². The summed E-state index contributed by atoms with van der Waals surface area (Å²) in [5, 5.41) is 0.771. The molecule has 1 fully saturated rings. The zero-order chi connectivity index (χ0) is 13.1. The number of nitrogens with zero attached hydrogens (tertiary/aromatic N) is 1. The molecule has 0 bridgehead atoms. The van der Waals surface area contributed by atoms with Gasteiger partial charge in [-0.05, 0) is 37.5 Å². The van der Waals surface area contributed by atoms with Crippen LogP contribution < -0.4 is 5.73 Å². The summed E-state index contributed by atoms with van der Waals surface area (Å²) in [6.07, 6.45) is 3.77. The molecule has 4 heteroatoms. The van der Waals surface area contributed by atoms with Gasteiger partial charge in [0.25, 0.3) is 0 Å². The molecule has 0 aliphatic carbocycles. The zero-order valence-electron chi connectivity index (χ0n) is 10.7. The highest BCUT2D eigenvalue weighted by molar-refractivity contribution is 9.10. The van der Waals surface area contributed by atoms with Gasteiger partial charge >= 0.3 is 0 Å². The van der Waals surface area contributed by atoms with Crippen molar-refractivity contribution in [2.45, 2.75) is 44.8 Å². The first kappa shape index (κ1) is 14.3. The average molecular weight is 332 g/mol. The largest absolute Gasteiger partial charge is 0.329 e. The molecule has 0 spiro atoms. The fourth-order valence-electron chi connectivity index (χ4n) is 2.73. The SMILES string of the molecule is CC1CCCC(CN)N1Cc1ccc(Cl)cc1Br. The molecule has 2 unspecified atom stereocenters. The maximum absolute atomic E-state index is 5.98. The Bertz CT molecular complexity index is 411. The molecule has 2 N–H and O–H groups in total. The molecule has 2 atom stereocenters. The number of hydrogen-bond acceptors (Lipinski definition) is 2. The third-order valence-corrected chi connectivity index (χ3v) is 4.81. The standard InChI is InChI=1S/C14H20BrClN2/c1-10-3-2-4-13(8-17)18(10)9-11-5-6-12(16)7-14(11)15/h5-7,10,13H,2-4,8-9,17H2,1H3. The van der Waals surface area contributed by atoms with E-state index in [1.807, 2.05) is 12.1 Å². The van der Waals surface area contributed by atoms with E-state index in [9.17, 15) is 0 Å². The third-order valence-electron chi connectivity index (χ3n) is 3.83. The van der Waals surface area contributed by atoms with E-state index in [-0.39, 0.29) is 0 Å². The van der Waals surface area contributed by atoms with Crippen LogP contribution in [0.15, 0.2) is 22.7 Å². The van der Waals surface area contributed by atoms with Crippen LogP contribution >= 0.6 is 27.5 Å². The van der Waals surface area contributed by atoms with Crippen LogP contribution in [-0.4, -0.2) is 23.5 Å². The van der Waals surface area contributed by atoms with E-state index in [2.05, 4.69) is 33.8 Å². The second kappa shape index (κ2) is 6.38. The van der Waals surface area contributed by atoms with Gasteiger partial charge in [0.1, 0.15) is 0 Å². The van der Waals surface area contributed by atoms with Gasteiger partial charge in [0.05, 0.1) is 0 Å². The first-order chi connectivity index (χ1) is 8.61. The van der Waals surface area contributed by atoms with Crippen LogP contribution in [0, 0.1) is 0 Å². The van der Waals surface area contributed by atoms with Gasteiger partial charge < -0.3 is 5.73 Å². The summed E-state index contributed by atoms with van der Waals surface area (Å²) in [6, 6.07) is 7.13. The Morgan fingerprint density at radius 2 is 2.22 bits per heavy atom. The Morgan fingerprint density at radius 3 is 2.89 bits per heavy atom. The molecular formula is C14H20BrClN2. The summed E-state index contributed by atoms with van der Waals surface area (Å²) in [7, 11) is 0. The maximum atomic E-state index is 5.98.